The van der Waals surface area contributed by atoms with Crippen molar-refractivity contribution in [2.75, 3.05) is 0 Å². The SMILES string of the molecule is CCCn1c(O)c(C#N)c(C)c(N=Nc2ccc(S(=O)(=O)NC(C)=O)cc2)c1=O. The van der Waals surface area contributed by atoms with Crippen molar-refractivity contribution in [3.8, 4) is 11.9 Å². The predicted molar refractivity (Wildman–Crippen MR) is 104 cm³/mol. The average Bonchev–Trinajstić information content (AvgIpc) is 2.65. The lowest BCUT2D eigenvalue weighted by molar-refractivity contribution is -0.117. The fourth-order valence-corrected chi connectivity index (χ4v) is 3.53. The van der Waals surface area contributed by atoms with Crippen molar-refractivity contribution in [2.45, 2.75) is 38.6 Å². The van der Waals surface area contributed by atoms with E-state index in [1.165, 1.54) is 31.2 Å². The molecule has 0 saturated heterocycles. The average molecular weight is 417 g/mol. The number of hydrogen-bond donors (Lipinski definition) is 2. The Bertz CT molecular complexity index is 1180. The minimum atomic E-state index is -3.97. The number of nitrogens with zero attached hydrogens (tertiary/aromatic N) is 4. The maximum Gasteiger partial charge on any atom is 0.281 e. The molecule has 0 unspecified atom stereocenters. The van der Waals surface area contributed by atoms with E-state index in [-0.39, 0.29) is 33.9 Å². The van der Waals surface area contributed by atoms with Gasteiger partial charge in [0.05, 0.1) is 10.6 Å². The summed E-state index contributed by atoms with van der Waals surface area (Å²) < 4.78 is 26.8. The molecule has 1 heterocycles. The van der Waals surface area contributed by atoms with Gasteiger partial charge in [0, 0.05) is 19.0 Å². The number of nitriles is 1. The first-order valence-corrected chi connectivity index (χ1v) is 10.0. The van der Waals surface area contributed by atoms with E-state index in [0.29, 0.717) is 6.42 Å². The molecule has 1 aromatic carbocycles. The van der Waals surface area contributed by atoms with Crippen LogP contribution in [0.3, 0.4) is 0 Å². The van der Waals surface area contributed by atoms with Crippen molar-refractivity contribution in [1.82, 2.24) is 9.29 Å². The highest BCUT2D eigenvalue weighted by molar-refractivity contribution is 7.90. The molecular formula is C18H19N5O5S. The van der Waals surface area contributed by atoms with Gasteiger partial charge in [0.1, 0.15) is 11.6 Å². The second-order valence-corrected chi connectivity index (χ2v) is 7.78. The van der Waals surface area contributed by atoms with Crippen LogP contribution in [0.4, 0.5) is 11.4 Å². The molecule has 2 N–H and O–H groups in total. The molecule has 0 atom stereocenters. The largest absolute Gasteiger partial charge is 0.493 e. The van der Waals surface area contributed by atoms with E-state index in [2.05, 4.69) is 10.2 Å². The molecule has 0 aliphatic heterocycles. The Morgan fingerprint density at radius 2 is 1.90 bits per heavy atom. The molecule has 29 heavy (non-hydrogen) atoms. The Labute approximate surface area is 167 Å². The van der Waals surface area contributed by atoms with E-state index in [9.17, 15) is 28.4 Å². The fraction of sp³-hybridized carbons (Fsp3) is 0.278. The quantitative estimate of drug-likeness (QED) is 0.688. The summed E-state index contributed by atoms with van der Waals surface area (Å²) in [6, 6.07) is 7.03. The third-order valence-corrected chi connectivity index (χ3v) is 5.36. The number of carbonyl (C=O) groups is 1. The van der Waals surface area contributed by atoms with Gasteiger partial charge in [-0.05, 0) is 37.6 Å². The topological polar surface area (TPSA) is 154 Å². The van der Waals surface area contributed by atoms with E-state index in [1.54, 1.807) is 0 Å². The summed E-state index contributed by atoms with van der Waals surface area (Å²) in [6.45, 7) is 4.59. The summed E-state index contributed by atoms with van der Waals surface area (Å²) in [5.41, 5.74) is -0.309. The van der Waals surface area contributed by atoms with Gasteiger partial charge in [0.15, 0.2) is 5.69 Å². The minimum Gasteiger partial charge on any atom is -0.493 e. The molecule has 2 aromatic rings. The Morgan fingerprint density at radius 3 is 2.41 bits per heavy atom. The zero-order valence-corrected chi connectivity index (χ0v) is 16.8. The highest BCUT2D eigenvalue weighted by Crippen LogP contribution is 2.27. The summed E-state index contributed by atoms with van der Waals surface area (Å²) in [7, 11) is -3.97. The number of nitrogens with one attached hydrogen (secondary N) is 1. The molecule has 0 bridgehead atoms. The van der Waals surface area contributed by atoms with Gasteiger partial charge in [-0.25, -0.2) is 13.1 Å². The zero-order valence-electron chi connectivity index (χ0n) is 16.0. The summed E-state index contributed by atoms with van der Waals surface area (Å²) in [5, 5.41) is 27.3. The maximum absolute atomic E-state index is 12.6. The van der Waals surface area contributed by atoms with Crippen LogP contribution in [0.25, 0.3) is 0 Å². The zero-order chi connectivity index (χ0) is 21.8. The Hall–Kier alpha value is -3.52. The lowest BCUT2D eigenvalue weighted by atomic mass is 10.1. The molecule has 0 aliphatic carbocycles. The lowest BCUT2D eigenvalue weighted by Crippen LogP contribution is -2.28. The second kappa shape index (κ2) is 8.66. The molecule has 0 saturated carbocycles. The van der Waals surface area contributed by atoms with Crippen LogP contribution in [-0.4, -0.2) is 24.0 Å². The third-order valence-electron chi connectivity index (χ3n) is 3.91. The number of carbonyl (C=O) groups excluding carboxylic acids is 1. The standard InChI is InChI=1S/C18H19N5O5S/c1-4-9-23-17(25)15(10-19)11(2)16(18(23)26)21-20-13-5-7-14(8-6-13)29(27,28)22-12(3)24/h5-8,25H,4,9H2,1-3H3,(H,22,24). The molecule has 0 aliphatic rings. The highest BCUT2D eigenvalue weighted by Gasteiger charge is 2.19. The molecule has 2 rings (SSSR count). The summed E-state index contributed by atoms with van der Waals surface area (Å²) in [5.74, 6) is -1.13. The van der Waals surface area contributed by atoms with Gasteiger partial charge < -0.3 is 5.11 Å². The van der Waals surface area contributed by atoms with Gasteiger partial charge in [0.25, 0.3) is 15.6 Å². The number of benzene rings is 1. The predicted octanol–water partition coefficient (Wildman–Crippen LogP) is 2.38. The third kappa shape index (κ3) is 4.67. The summed E-state index contributed by atoms with van der Waals surface area (Å²) in [6.07, 6.45) is 0.558. The van der Waals surface area contributed by atoms with E-state index >= 15 is 0 Å². The van der Waals surface area contributed by atoms with Crippen LogP contribution in [-0.2, 0) is 21.4 Å². The van der Waals surface area contributed by atoms with E-state index in [1.807, 2.05) is 17.7 Å². The molecule has 1 amide bonds. The van der Waals surface area contributed by atoms with Crippen molar-refractivity contribution >= 4 is 27.3 Å². The normalized spacial score (nSPS) is 11.4. The van der Waals surface area contributed by atoms with Crippen molar-refractivity contribution in [3.05, 3.63) is 45.7 Å². The van der Waals surface area contributed by atoms with Crippen LogP contribution in [0.2, 0.25) is 0 Å². The van der Waals surface area contributed by atoms with Crippen molar-refractivity contribution in [3.63, 3.8) is 0 Å². The van der Waals surface area contributed by atoms with Crippen LogP contribution < -0.4 is 10.3 Å². The number of hydrogen-bond acceptors (Lipinski definition) is 8. The molecule has 10 nitrogen and oxygen atoms in total. The number of azo groups is 1. The van der Waals surface area contributed by atoms with Crippen LogP contribution in [0, 0.1) is 18.3 Å². The number of sulfonamides is 1. The number of aromatic hydroxyl groups is 1. The van der Waals surface area contributed by atoms with Crippen molar-refractivity contribution < 1.29 is 18.3 Å². The van der Waals surface area contributed by atoms with Gasteiger partial charge in [-0.2, -0.15) is 10.4 Å². The maximum atomic E-state index is 12.6. The fourth-order valence-electron chi connectivity index (χ4n) is 2.54. The first-order valence-electron chi connectivity index (χ1n) is 8.54. The smallest absolute Gasteiger partial charge is 0.281 e. The van der Waals surface area contributed by atoms with Crippen LogP contribution in [0.1, 0.15) is 31.4 Å². The van der Waals surface area contributed by atoms with Crippen LogP contribution in [0.15, 0.2) is 44.2 Å². The molecular weight excluding hydrogens is 398 g/mol. The van der Waals surface area contributed by atoms with Gasteiger partial charge in [-0.1, -0.05) is 6.92 Å². The molecule has 0 spiro atoms. The summed E-state index contributed by atoms with van der Waals surface area (Å²) >= 11 is 0. The second-order valence-electron chi connectivity index (χ2n) is 6.10. The van der Waals surface area contributed by atoms with Gasteiger partial charge in [-0.15, -0.1) is 5.11 Å². The number of amides is 1. The van der Waals surface area contributed by atoms with Gasteiger partial charge in [0.2, 0.25) is 11.8 Å². The van der Waals surface area contributed by atoms with Gasteiger partial charge in [-0.3, -0.25) is 14.2 Å². The number of aromatic nitrogens is 1. The van der Waals surface area contributed by atoms with E-state index in [4.69, 9.17) is 0 Å². The first-order chi connectivity index (χ1) is 13.6. The molecule has 152 valence electrons. The van der Waals surface area contributed by atoms with Crippen LogP contribution in [0.5, 0.6) is 5.88 Å². The van der Waals surface area contributed by atoms with E-state index in [0.717, 1.165) is 11.5 Å². The molecule has 0 radical (unpaired) electrons. The summed E-state index contributed by atoms with van der Waals surface area (Å²) in [4.78, 5) is 23.4. The number of rotatable bonds is 6. The molecule has 11 heteroatoms. The highest BCUT2D eigenvalue weighted by atomic mass is 32.2. The van der Waals surface area contributed by atoms with Crippen molar-refractivity contribution in [1.29, 1.82) is 5.26 Å². The van der Waals surface area contributed by atoms with Crippen LogP contribution >= 0.6 is 0 Å². The Morgan fingerprint density at radius 1 is 1.28 bits per heavy atom. The van der Waals surface area contributed by atoms with E-state index < -0.39 is 27.4 Å². The van der Waals surface area contributed by atoms with Crippen molar-refractivity contribution in [2.24, 2.45) is 10.2 Å². The lowest BCUT2D eigenvalue weighted by Gasteiger charge is -2.11. The minimum absolute atomic E-state index is 0.0660. The Kier molecular flexibility index (Phi) is 6.50. The molecule has 1 aromatic heterocycles. The monoisotopic (exact) mass is 417 g/mol. The van der Waals surface area contributed by atoms with Gasteiger partial charge >= 0.3 is 0 Å². The number of pyridine rings is 1. The first kappa shape index (κ1) is 21.8. The Balaban J connectivity index is 2.45. The molecule has 0 fully saturated rings.